The standard InChI is InChI=1S/C13H19N3/c1-10-9-12(13(2,3)14-4)16(15-10)11-7-5-6-8-11/h9,11H,5-8H2,1-3H3. The summed E-state index contributed by atoms with van der Waals surface area (Å²) in [6.45, 7) is 13.3. The number of hydrogen-bond acceptors (Lipinski definition) is 1. The molecule has 86 valence electrons. The summed E-state index contributed by atoms with van der Waals surface area (Å²) in [4.78, 5) is 3.73. The Morgan fingerprint density at radius 2 is 2.06 bits per heavy atom. The van der Waals surface area contributed by atoms with Crippen LogP contribution in [0.4, 0.5) is 0 Å². The fourth-order valence-corrected chi connectivity index (χ4v) is 2.46. The molecule has 16 heavy (non-hydrogen) atoms. The molecule has 1 aromatic rings. The van der Waals surface area contributed by atoms with E-state index < -0.39 is 5.54 Å². The van der Waals surface area contributed by atoms with Gasteiger partial charge in [-0.15, -0.1) is 0 Å². The Morgan fingerprint density at radius 3 is 2.62 bits per heavy atom. The Hall–Kier alpha value is -1.30. The van der Waals surface area contributed by atoms with Crippen LogP contribution in [0, 0.1) is 13.5 Å². The Balaban J connectivity index is 2.41. The highest BCUT2D eigenvalue weighted by molar-refractivity contribution is 5.22. The molecule has 3 heteroatoms. The molecule has 1 aromatic heterocycles. The monoisotopic (exact) mass is 217 g/mol. The third-order valence-corrected chi connectivity index (χ3v) is 3.43. The van der Waals surface area contributed by atoms with Crippen LogP contribution in [0.15, 0.2) is 6.07 Å². The van der Waals surface area contributed by atoms with Gasteiger partial charge in [-0.25, -0.2) is 6.57 Å². The smallest absolute Gasteiger partial charge is 0.268 e. The Kier molecular flexibility index (Phi) is 2.75. The summed E-state index contributed by atoms with van der Waals surface area (Å²) in [5.41, 5.74) is 1.65. The molecule has 1 aliphatic rings. The van der Waals surface area contributed by atoms with Gasteiger partial charge in [0.1, 0.15) is 5.69 Å². The van der Waals surface area contributed by atoms with Gasteiger partial charge < -0.3 is 4.85 Å². The number of aromatic nitrogens is 2. The van der Waals surface area contributed by atoms with E-state index in [4.69, 9.17) is 6.57 Å². The van der Waals surface area contributed by atoms with E-state index in [0.717, 1.165) is 11.4 Å². The molecular formula is C13H19N3. The van der Waals surface area contributed by atoms with E-state index in [1.165, 1.54) is 25.7 Å². The van der Waals surface area contributed by atoms with Crippen molar-refractivity contribution in [2.24, 2.45) is 0 Å². The molecule has 0 unspecified atom stereocenters. The maximum atomic E-state index is 7.30. The van der Waals surface area contributed by atoms with Crippen LogP contribution in [-0.2, 0) is 5.54 Å². The molecule has 0 saturated heterocycles. The normalized spacial score (nSPS) is 17.6. The first-order valence-corrected chi connectivity index (χ1v) is 6.00. The van der Waals surface area contributed by atoms with Crippen LogP contribution in [0.25, 0.3) is 4.85 Å². The zero-order valence-electron chi connectivity index (χ0n) is 10.3. The van der Waals surface area contributed by atoms with Gasteiger partial charge in [0.25, 0.3) is 5.54 Å². The number of nitrogens with zero attached hydrogens (tertiary/aromatic N) is 3. The molecule has 3 nitrogen and oxygen atoms in total. The number of hydrogen-bond donors (Lipinski definition) is 0. The molecule has 1 saturated carbocycles. The summed E-state index contributed by atoms with van der Waals surface area (Å²) in [7, 11) is 0. The first-order chi connectivity index (χ1) is 7.54. The predicted octanol–water partition coefficient (Wildman–Crippen LogP) is 3.46. The molecule has 0 radical (unpaired) electrons. The van der Waals surface area contributed by atoms with Gasteiger partial charge in [0.2, 0.25) is 0 Å². The molecule has 0 aromatic carbocycles. The van der Waals surface area contributed by atoms with Crippen molar-refractivity contribution in [2.45, 2.75) is 58.0 Å². The minimum atomic E-state index is -0.455. The van der Waals surface area contributed by atoms with Crippen molar-refractivity contribution in [2.75, 3.05) is 0 Å². The zero-order chi connectivity index (χ0) is 11.8. The van der Waals surface area contributed by atoms with E-state index in [1.54, 1.807) is 0 Å². The van der Waals surface area contributed by atoms with Gasteiger partial charge in [-0.3, -0.25) is 4.68 Å². The van der Waals surface area contributed by atoms with Crippen LogP contribution in [0.5, 0.6) is 0 Å². The first kappa shape index (κ1) is 11.2. The third-order valence-electron chi connectivity index (χ3n) is 3.43. The molecule has 0 amide bonds. The quantitative estimate of drug-likeness (QED) is 0.695. The molecule has 0 atom stereocenters. The topological polar surface area (TPSA) is 22.2 Å². The molecule has 0 spiro atoms. The first-order valence-electron chi connectivity index (χ1n) is 6.00. The van der Waals surface area contributed by atoms with Gasteiger partial charge in [0, 0.05) is 13.8 Å². The lowest BCUT2D eigenvalue weighted by molar-refractivity contribution is 0.421. The van der Waals surface area contributed by atoms with E-state index in [1.807, 2.05) is 20.8 Å². The Morgan fingerprint density at radius 1 is 1.44 bits per heavy atom. The summed E-state index contributed by atoms with van der Waals surface area (Å²) >= 11 is 0. The lowest BCUT2D eigenvalue weighted by Gasteiger charge is -2.18. The fraction of sp³-hybridized carbons (Fsp3) is 0.692. The fourth-order valence-electron chi connectivity index (χ4n) is 2.46. The van der Waals surface area contributed by atoms with Crippen molar-refractivity contribution < 1.29 is 0 Å². The highest BCUT2D eigenvalue weighted by atomic mass is 15.3. The summed E-state index contributed by atoms with van der Waals surface area (Å²) < 4.78 is 2.11. The SMILES string of the molecule is [C-]#[N+]C(C)(C)c1cc(C)nn1C1CCCC1. The van der Waals surface area contributed by atoms with Crippen LogP contribution < -0.4 is 0 Å². The van der Waals surface area contributed by atoms with Crippen molar-refractivity contribution in [3.63, 3.8) is 0 Å². The van der Waals surface area contributed by atoms with Crippen molar-refractivity contribution in [1.82, 2.24) is 9.78 Å². The van der Waals surface area contributed by atoms with E-state index in [0.29, 0.717) is 6.04 Å². The van der Waals surface area contributed by atoms with Gasteiger partial charge in [0.05, 0.1) is 11.7 Å². The van der Waals surface area contributed by atoms with Crippen molar-refractivity contribution >= 4 is 0 Å². The van der Waals surface area contributed by atoms with Crippen LogP contribution >= 0.6 is 0 Å². The van der Waals surface area contributed by atoms with Gasteiger partial charge in [-0.2, -0.15) is 5.10 Å². The van der Waals surface area contributed by atoms with Gasteiger partial charge >= 0.3 is 0 Å². The second kappa shape index (κ2) is 3.93. The van der Waals surface area contributed by atoms with Crippen molar-refractivity contribution in [1.29, 1.82) is 0 Å². The van der Waals surface area contributed by atoms with Crippen molar-refractivity contribution in [3.8, 4) is 0 Å². The maximum Gasteiger partial charge on any atom is 0.268 e. The average molecular weight is 217 g/mol. The Bertz CT molecular complexity index is 417. The van der Waals surface area contributed by atoms with E-state index in [2.05, 4.69) is 20.7 Å². The van der Waals surface area contributed by atoms with Crippen LogP contribution in [0.2, 0.25) is 0 Å². The van der Waals surface area contributed by atoms with E-state index >= 15 is 0 Å². The van der Waals surface area contributed by atoms with Crippen LogP contribution in [0.3, 0.4) is 0 Å². The van der Waals surface area contributed by atoms with Crippen LogP contribution in [-0.4, -0.2) is 9.78 Å². The largest absolute Gasteiger partial charge is 0.304 e. The van der Waals surface area contributed by atoms with Crippen molar-refractivity contribution in [3.05, 3.63) is 28.9 Å². The second-order valence-corrected chi connectivity index (χ2v) is 5.22. The lowest BCUT2D eigenvalue weighted by Crippen LogP contribution is -2.20. The molecule has 0 N–H and O–H groups in total. The van der Waals surface area contributed by atoms with Gasteiger partial charge in [-0.1, -0.05) is 12.8 Å². The Labute approximate surface area is 97.3 Å². The summed E-state index contributed by atoms with van der Waals surface area (Å²) in [5, 5.41) is 4.58. The summed E-state index contributed by atoms with van der Waals surface area (Å²) in [6.07, 6.45) is 5.01. The number of rotatable bonds is 2. The molecule has 0 aliphatic heterocycles. The highest BCUT2D eigenvalue weighted by Gasteiger charge is 2.33. The molecule has 0 bridgehead atoms. The molecule has 2 rings (SSSR count). The predicted molar refractivity (Wildman–Crippen MR) is 64.1 cm³/mol. The lowest BCUT2D eigenvalue weighted by atomic mass is 10.0. The third kappa shape index (κ3) is 1.84. The minimum Gasteiger partial charge on any atom is -0.304 e. The molecule has 1 fully saturated rings. The molecule has 1 aliphatic carbocycles. The minimum absolute atomic E-state index is 0.455. The summed E-state index contributed by atoms with van der Waals surface area (Å²) in [5.74, 6) is 0. The van der Waals surface area contributed by atoms with E-state index in [-0.39, 0.29) is 0 Å². The zero-order valence-corrected chi connectivity index (χ0v) is 10.3. The van der Waals surface area contributed by atoms with Crippen LogP contribution in [0.1, 0.15) is 57.0 Å². The second-order valence-electron chi connectivity index (χ2n) is 5.22. The van der Waals surface area contributed by atoms with E-state index in [9.17, 15) is 0 Å². The average Bonchev–Trinajstić information content (AvgIpc) is 2.85. The highest BCUT2D eigenvalue weighted by Crippen LogP contribution is 2.34. The number of aryl methyl sites for hydroxylation is 1. The molecule has 1 heterocycles. The van der Waals surface area contributed by atoms with Gasteiger partial charge in [-0.05, 0) is 25.8 Å². The van der Waals surface area contributed by atoms with Gasteiger partial charge in [0.15, 0.2) is 0 Å². The maximum absolute atomic E-state index is 7.30. The summed E-state index contributed by atoms with van der Waals surface area (Å²) in [6, 6.07) is 2.58. The molecular weight excluding hydrogens is 198 g/mol.